The van der Waals surface area contributed by atoms with Gasteiger partial charge in [-0.25, -0.2) is 0 Å². The standard InChI is InChI=1S/C33H38N6O4/c1-5-27(41)26-14-33-15-28(33)39(26)30(43)18-38-32-22(10-8-6-7-9-11-29(42)37(4)19-33)12-23(25-17-34-20(2)16-35-25)13-24(32)31(36-38)21(3)40/h6,8,12-13,16-17,26,28H,5,7,9-11,14-15,18-19H2,1-4H3/b8-6+/t26-,28+,33-/m0/s1. The number of carbonyl (C=O) groups is 4. The fourth-order valence-corrected chi connectivity index (χ4v) is 7.01. The quantitative estimate of drug-likeness (QED) is 0.336. The average molecular weight is 583 g/mol. The summed E-state index contributed by atoms with van der Waals surface area (Å²) in [5.74, 6) is -0.260. The Morgan fingerprint density at radius 3 is 2.60 bits per heavy atom. The number of aromatic nitrogens is 4. The van der Waals surface area contributed by atoms with Crippen LogP contribution in [0.15, 0.2) is 36.7 Å². The molecule has 1 aromatic carbocycles. The molecule has 224 valence electrons. The fourth-order valence-electron chi connectivity index (χ4n) is 7.01. The van der Waals surface area contributed by atoms with Gasteiger partial charge < -0.3 is 9.80 Å². The molecule has 2 bridgehead atoms. The number of nitrogens with zero attached hydrogens (tertiary/aromatic N) is 6. The van der Waals surface area contributed by atoms with Gasteiger partial charge in [-0.2, -0.15) is 5.10 Å². The lowest BCUT2D eigenvalue weighted by Crippen LogP contribution is -2.44. The van der Waals surface area contributed by atoms with Crippen LogP contribution in [0.1, 0.15) is 74.1 Å². The summed E-state index contributed by atoms with van der Waals surface area (Å²) < 4.78 is 1.64. The minimum atomic E-state index is -0.512. The highest BCUT2D eigenvalue weighted by Gasteiger charge is 2.67. The number of benzene rings is 1. The number of hydrogen-bond donors (Lipinski definition) is 0. The van der Waals surface area contributed by atoms with Crippen LogP contribution in [0, 0.1) is 12.3 Å². The Morgan fingerprint density at radius 1 is 1.07 bits per heavy atom. The Morgan fingerprint density at radius 2 is 1.88 bits per heavy atom. The van der Waals surface area contributed by atoms with Crippen molar-refractivity contribution in [3.63, 3.8) is 0 Å². The van der Waals surface area contributed by atoms with Crippen molar-refractivity contribution < 1.29 is 19.2 Å². The minimum Gasteiger partial charge on any atom is -0.345 e. The maximum Gasteiger partial charge on any atom is 0.245 e. The van der Waals surface area contributed by atoms with E-state index in [1.54, 1.807) is 26.9 Å². The Hall–Kier alpha value is -4.21. The molecule has 0 spiro atoms. The second kappa shape index (κ2) is 11.1. The van der Waals surface area contributed by atoms with E-state index in [1.165, 1.54) is 6.92 Å². The van der Waals surface area contributed by atoms with Gasteiger partial charge in [0.05, 0.1) is 29.1 Å². The summed E-state index contributed by atoms with van der Waals surface area (Å²) in [5, 5.41) is 5.35. The van der Waals surface area contributed by atoms with E-state index in [0.29, 0.717) is 49.0 Å². The van der Waals surface area contributed by atoms with Crippen LogP contribution in [0.2, 0.25) is 0 Å². The number of amides is 2. The van der Waals surface area contributed by atoms with Gasteiger partial charge in [-0.15, -0.1) is 0 Å². The molecule has 0 radical (unpaired) electrons. The predicted octanol–water partition coefficient (Wildman–Crippen LogP) is 4.08. The summed E-state index contributed by atoms with van der Waals surface area (Å²) in [6.07, 6.45) is 11.7. The number of allylic oxidation sites excluding steroid dienone is 2. The van der Waals surface area contributed by atoms with E-state index in [4.69, 9.17) is 5.10 Å². The third-order valence-corrected chi connectivity index (χ3v) is 9.29. The first-order chi connectivity index (χ1) is 20.6. The van der Waals surface area contributed by atoms with Crippen molar-refractivity contribution in [1.82, 2.24) is 29.5 Å². The topological polar surface area (TPSA) is 118 Å². The maximum atomic E-state index is 14.1. The van der Waals surface area contributed by atoms with E-state index in [-0.39, 0.29) is 41.4 Å². The van der Waals surface area contributed by atoms with Crippen LogP contribution < -0.4 is 0 Å². The first kappa shape index (κ1) is 28.9. The van der Waals surface area contributed by atoms with E-state index >= 15 is 0 Å². The third kappa shape index (κ3) is 5.28. The van der Waals surface area contributed by atoms with Crippen molar-refractivity contribution in [3.05, 3.63) is 53.6 Å². The Labute approximate surface area is 251 Å². The van der Waals surface area contributed by atoms with Crippen molar-refractivity contribution in [2.24, 2.45) is 5.41 Å². The Bertz CT molecular complexity index is 1660. The number of rotatable bonds is 4. The molecule has 0 unspecified atom stereocenters. The smallest absolute Gasteiger partial charge is 0.245 e. The van der Waals surface area contributed by atoms with Gasteiger partial charge in [0.1, 0.15) is 12.2 Å². The van der Waals surface area contributed by atoms with Gasteiger partial charge >= 0.3 is 0 Å². The molecule has 3 atom stereocenters. The molecule has 43 heavy (non-hydrogen) atoms. The molecule has 6 rings (SSSR count). The Kier molecular flexibility index (Phi) is 7.48. The summed E-state index contributed by atoms with van der Waals surface area (Å²) in [7, 11) is 1.83. The monoisotopic (exact) mass is 582 g/mol. The molecule has 10 heteroatoms. The fraction of sp³-hybridized carbons (Fsp3) is 0.485. The summed E-state index contributed by atoms with van der Waals surface area (Å²) in [4.78, 5) is 65.5. The van der Waals surface area contributed by atoms with Crippen LogP contribution in [-0.2, 0) is 27.3 Å². The normalized spacial score (nSPS) is 25.0. The summed E-state index contributed by atoms with van der Waals surface area (Å²) in [5.41, 5.74) is 3.97. The van der Waals surface area contributed by atoms with Gasteiger partial charge in [0.25, 0.3) is 0 Å². The minimum absolute atomic E-state index is 0.0349. The van der Waals surface area contributed by atoms with Crippen LogP contribution in [0.25, 0.3) is 22.2 Å². The van der Waals surface area contributed by atoms with Gasteiger partial charge in [0.2, 0.25) is 11.8 Å². The first-order valence-electron chi connectivity index (χ1n) is 15.2. The SMILES string of the molecule is CCC(=O)[C@@H]1C[C@@]23C[C@H]2N1C(=O)Cn1nc(C(C)=O)c2cc(-c4cnc(C)cn4)cc(c21)C/C=C/CCCC(=O)N(C)C3. The van der Waals surface area contributed by atoms with Crippen LogP contribution >= 0.6 is 0 Å². The molecule has 1 saturated carbocycles. The second-order valence-corrected chi connectivity index (χ2v) is 12.4. The molecule has 10 nitrogen and oxygen atoms in total. The molecular formula is C33H38N6O4. The highest BCUT2D eigenvalue weighted by atomic mass is 16.2. The lowest BCUT2D eigenvalue weighted by molar-refractivity contribution is -0.139. The van der Waals surface area contributed by atoms with Crippen molar-refractivity contribution in [3.8, 4) is 11.3 Å². The van der Waals surface area contributed by atoms with Crippen molar-refractivity contribution >= 4 is 34.3 Å². The van der Waals surface area contributed by atoms with Crippen LogP contribution in [0.3, 0.4) is 0 Å². The van der Waals surface area contributed by atoms with Crippen molar-refractivity contribution in [2.75, 3.05) is 13.6 Å². The van der Waals surface area contributed by atoms with Crippen LogP contribution in [-0.4, -0.2) is 78.6 Å². The van der Waals surface area contributed by atoms with E-state index in [2.05, 4.69) is 22.1 Å². The molecule has 3 aromatic rings. The van der Waals surface area contributed by atoms with Gasteiger partial charge in [-0.05, 0) is 56.7 Å². The van der Waals surface area contributed by atoms with Gasteiger partial charge in [-0.3, -0.25) is 33.8 Å². The number of piperidine rings is 1. The first-order valence-corrected chi connectivity index (χ1v) is 15.2. The Balaban J connectivity index is 1.47. The molecular weight excluding hydrogens is 544 g/mol. The number of ketones is 2. The van der Waals surface area contributed by atoms with Crippen molar-refractivity contribution in [1.29, 1.82) is 0 Å². The lowest BCUT2D eigenvalue weighted by Gasteiger charge is -2.26. The average Bonchev–Trinajstić information content (AvgIpc) is 3.38. The zero-order chi connectivity index (χ0) is 30.5. The lowest BCUT2D eigenvalue weighted by atomic mass is 9.95. The zero-order valence-corrected chi connectivity index (χ0v) is 25.3. The molecule has 2 fully saturated rings. The van der Waals surface area contributed by atoms with E-state index in [9.17, 15) is 19.2 Å². The predicted molar refractivity (Wildman–Crippen MR) is 161 cm³/mol. The highest BCUT2D eigenvalue weighted by Crippen LogP contribution is 2.60. The van der Waals surface area contributed by atoms with Gasteiger partial charge in [0.15, 0.2) is 11.6 Å². The molecule has 1 saturated heterocycles. The van der Waals surface area contributed by atoms with E-state index in [1.807, 2.05) is 33.0 Å². The number of carbonyl (C=O) groups excluding carboxylic acids is 4. The molecule has 2 aromatic heterocycles. The number of Topliss-reactive ketones (excluding diaryl/α,β-unsaturated/α-hetero) is 2. The van der Waals surface area contributed by atoms with Crippen molar-refractivity contribution in [2.45, 2.75) is 84.3 Å². The summed E-state index contributed by atoms with van der Waals surface area (Å²) in [6.45, 7) is 5.64. The third-order valence-electron chi connectivity index (χ3n) is 9.29. The number of hydrogen-bond acceptors (Lipinski definition) is 7. The molecule has 2 aliphatic heterocycles. The second-order valence-electron chi connectivity index (χ2n) is 12.4. The summed E-state index contributed by atoms with van der Waals surface area (Å²) in [6, 6.07) is 3.33. The zero-order valence-electron chi connectivity index (χ0n) is 25.3. The highest BCUT2D eigenvalue weighted by molar-refractivity contribution is 6.07. The molecule has 0 N–H and O–H groups in total. The number of aryl methyl sites for hydroxylation is 1. The van der Waals surface area contributed by atoms with Crippen LogP contribution in [0.5, 0.6) is 0 Å². The van der Waals surface area contributed by atoms with Gasteiger partial charge in [-0.1, -0.05) is 19.1 Å². The summed E-state index contributed by atoms with van der Waals surface area (Å²) >= 11 is 0. The largest absolute Gasteiger partial charge is 0.345 e. The van der Waals surface area contributed by atoms with Gasteiger partial charge in [0, 0.05) is 62.0 Å². The maximum absolute atomic E-state index is 14.1. The molecule has 4 heterocycles. The van der Waals surface area contributed by atoms with E-state index < -0.39 is 6.04 Å². The van der Waals surface area contributed by atoms with E-state index in [0.717, 1.165) is 41.6 Å². The molecule has 2 amide bonds. The molecule has 3 aliphatic rings. The molecule has 1 aliphatic carbocycles. The van der Waals surface area contributed by atoms with Crippen LogP contribution in [0.4, 0.5) is 0 Å².